The summed E-state index contributed by atoms with van der Waals surface area (Å²) in [7, 11) is 1.52. The van der Waals surface area contributed by atoms with Crippen LogP contribution in [0.25, 0.3) is 0 Å². The Bertz CT molecular complexity index is 634. The molecule has 0 aliphatic carbocycles. The number of nitrogens with zero attached hydrogens (tertiary/aromatic N) is 3. The van der Waals surface area contributed by atoms with Crippen LogP contribution in [-0.2, 0) is 0 Å². The molecule has 4 nitrogen and oxygen atoms in total. The zero-order chi connectivity index (χ0) is 14.5. The monoisotopic (exact) mass is 269 g/mol. The van der Waals surface area contributed by atoms with Crippen LogP contribution in [0.1, 0.15) is 22.1 Å². The van der Waals surface area contributed by atoms with Crippen molar-refractivity contribution in [2.75, 3.05) is 7.05 Å². The number of benzene rings is 1. The first-order valence-corrected chi connectivity index (χ1v) is 5.96. The van der Waals surface area contributed by atoms with E-state index in [0.29, 0.717) is 11.3 Å². The Balaban J connectivity index is 2.25. The molecule has 0 N–H and O–H groups in total. The van der Waals surface area contributed by atoms with Crippen LogP contribution in [-0.4, -0.2) is 22.8 Å². The van der Waals surface area contributed by atoms with Gasteiger partial charge in [-0.25, -0.2) is 4.39 Å². The smallest absolute Gasteiger partial charge is 0.254 e. The van der Waals surface area contributed by atoms with Gasteiger partial charge in [-0.2, -0.15) is 5.26 Å². The second-order valence-corrected chi connectivity index (χ2v) is 4.21. The molecule has 1 aromatic carbocycles. The predicted octanol–water partition coefficient (Wildman–Crippen LogP) is 2.56. The number of carbonyl (C=O) groups excluding carboxylic acids is 1. The molecule has 1 unspecified atom stereocenters. The molecule has 1 aromatic heterocycles. The lowest BCUT2D eigenvalue weighted by Crippen LogP contribution is -2.31. The second-order valence-electron chi connectivity index (χ2n) is 4.21. The normalized spacial score (nSPS) is 11.4. The van der Waals surface area contributed by atoms with Crippen molar-refractivity contribution >= 4 is 5.91 Å². The molecule has 2 rings (SSSR count). The van der Waals surface area contributed by atoms with Gasteiger partial charge in [0.15, 0.2) is 6.04 Å². The molecule has 0 saturated heterocycles. The lowest BCUT2D eigenvalue weighted by Gasteiger charge is -2.22. The largest absolute Gasteiger partial charge is 0.320 e. The van der Waals surface area contributed by atoms with E-state index in [-0.39, 0.29) is 5.91 Å². The summed E-state index contributed by atoms with van der Waals surface area (Å²) >= 11 is 0. The van der Waals surface area contributed by atoms with E-state index in [4.69, 9.17) is 0 Å². The Labute approximate surface area is 116 Å². The van der Waals surface area contributed by atoms with Crippen LogP contribution < -0.4 is 0 Å². The van der Waals surface area contributed by atoms with Crippen LogP contribution >= 0.6 is 0 Å². The minimum atomic E-state index is -0.784. The van der Waals surface area contributed by atoms with Crippen LogP contribution in [0.15, 0.2) is 48.7 Å². The van der Waals surface area contributed by atoms with Crippen molar-refractivity contribution in [2.24, 2.45) is 0 Å². The Morgan fingerprint density at radius 3 is 2.55 bits per heavy atom. The van der Waals surface area contributed by atoms with Gasteiger partial charge in [0, 0.05) is 18.8 Å². The highest BCUT2D eigenvalue weighted by Gasteiger charge is 2.23. The predicted molar refractivity (Wildman–Crippen MR) is 71.1 cm³/mol. The van der Waals surface area contributed by atoms with Gasteiger partial charge in [0.25, 0.3) is 5.91 Å². The first kappa shape index (κ1) is 13.7. The third-order valence-electron chi connectivity index (χ3n) is 2.89. The van der Waals surface area contributed by atoms with E-state index in [1.165, 1.54) is 36.2 Å². The summed E-state index contributed by atoms with van der Waals surface area (Å²) in [5.41, 5.74) is 0.818. The van der Waals surface area contributed by atoms with Crippen molar-refractivity contribution in [1.29, 1.82) is 5.26 Å². The third-order valence-corrected chi connectivity index (χ3v) is 2.89. The van der Waals surface area contributed by atoms with E-state index in [1.807, 2.05) is 6.07 Å². The fourth-order valence-electron chi connectivity index (χ4n) is 1.80. The molecule has 0 fully saturated rings. The summed E-state index contributed by atoms with van der Waals surface area (Å²) in [6.07, 6.45) is 1.57. The lowest BCUT2D eigenvalue weighted by atomic mass is 10.1. The average molecular weight is 269 g/mol. The number of halogens is 1. The summed E-state index contributed by atoms with van der Waals surface area (Å²) < 4.78 is 12.9. The number of carbonyl (C=O) groups is 1. The van der Waals surface area contributed by atoms with Gasteiger partial charge in [0.2, 0.25) is 0 Å². The molecule has 0 saturated carbocycles. The highest BCUT2D eigenvalue weighted by Crippen LogP contribution is 2.18. The molecule has 100 valence electrons. The maximum Gasteiger partial charge on any atom is 0.254 e. The molecule has 0 bridgehead atoms. The van der Waals surface area contributed by atoms with Gasteiger partial charge in [-0.15, -0.1) is 0 Å². The highest BCUT2D eigenvalue weighted by molar-refractivity contribution is 5.94. The Morgan fingerprint density at radius 1 is 1.30 bits per heavy atom. The van der Waals surface area contributed by atoms with Crippen LogP contribution in [0, 0.1) is 17.1 Å². The Kier molecular flexibility index (Phi) is 4.06. The van der Waals surface area contributed by atoms with Gasteiger partial charge < -0.3 is 4.90 Å². The van der Waals surface area contributed by atoms with E-state index < -0.39 is 11.9 Å². The van der Waals surface area contributed by atoms with Crippen LogP contribution in [0.2, 0.25) is 0 Å². The summed E-state index contributed by atoms with van der Waals surface area (Å²) in [6.45, 7) is 0. The minimum absolute atomic E-state index is 0.324. The van der Waals surface area contributed by atoms with Crippen molar-refractivity contribution in [3.8, 4) is 6.07 Å². The molecule has 5 heteroatoms. The molecule has 1 amide bonds. The number of nitriles is 1. The van der Waals surface area contributed by atoms with Gasteiger partial charge in [-0.3, -0.25) is 9.78 Å². The van der Waals surface area contributed by atoms with Gasteiger partial charge in [0.05, 0.1) is 11.8 Å². The number of aromatic nitrogens is 1. The second kappa shape index (κ2) is 5.93. The summed E-state index contributed by atoms with van der Waals surface area (Å²) in [5.74, 6) is -0.770. The first-order chi connectivity index (χ1) is 9.63. The standard InChI is InChI=1S/C15H12FN3O/c1-19(14(10-17)13-4-2-3-9-18-13)15(20)11-5-7-12(16)8-6-11/h2-9,14H,1H3. The van der Waals surface area contributed by atoms with E-state index in [1.54, 1.807) is 24.4 Å². The van der Waals surface area contributed by atoms with Gasteiger partial charge in [-0.1, -0.05) is 6.07 Å². The van der Waals surface area contributed by atoms with Crippen LogP contribution in [0.3, 0.4) is 0 Å². The van der Waals surface area contributed by atoms with Gasteiger partial charge >= 0.3 is 0 Å². The summed E-state index contributed by atoms with van der Waals surface area (Å²) in [6, 6.07) is 11.6. The number of rotatable bonds is 3. The number of hydrogen-bond donors (Lipinski definition) is 0. The van der Waals surface area contributed by atoms with Crippen molar-refractivity contribution in [1.82, 2.24) is 9.88 Å². The van der Waals surface area contributed by atoms with Crippen LogP contribution in [0.5, 0.6) is 0 Å². The number of pyridine rings is 1. The molecule has 0 aliphatic heterocycles. The minimum Gasteiger partial charge on any atom is -0.320 e. The maximum absolute atomic E-state index is 12.9. The molecule has 2 aromatic rings. The summed E-state index contributed by atoms with van der Waals surface area (Å²) in [4.78, 5) is 17.6. The number of amides is 1. The third kappa shape index (κ3) is 2.81. The Hall–Kier alpha value is -2.74. The molecule has 0 spiro atoms. The first-order valence-electron chi connectivity index (χ1n) is 5.96. The zero-order valence-corrected chi connectivity index (χ0v) is 10.8. The Morgan fingerprint density at radius 2 is 2.00 bits per heavy atom. The van der Waals surface area contributed by atoms with Gasteiger partial charge in [-0.05, 0) is 36.4 Å². The number of hydrogen-bond acceptors (Lipinski definition) is 3. The van der Waals surface area contributed by atoms with Gasteiger partial charge in [0.1, 0.15) is 5.82 Å². The molecular weight excluding hydrogens is 257 g/mol. The van der Waals surface area contributed by atoms with Crippen LogP contribution in [0.4, 0.5) is 4.39 Å². The van der Waals surface area contributed by atoms with E-state index in [0.717, 1.165) is 0 Å². The quantitative estimate of drug-likeness (QED) is 0.860. The molecular formula is C15H12FN3O. The molecule has 0 radical (unpaired) electrons. The van der Waals surface area contributed by atoms with E-state index >= 15 is 0 Å². The van der Waals surface area contributed by atoms with E-state index in [2.05, 4.69) is 4.98 Å². The molecule has 0 aliphatic rings. The van der Waals surface area contributed by atoms with Crippen molar-refractivity contribution in [3.63, 3.8) is 0 Å². The zero-order valence-electron chi connectivity index (χ0n) is 10.8. The molecule has 1 heterocycles. The fraction of sp³-hybridized carbons (Fsp3) is 0.133. The highest BCUT2D eigenvalue weighted by atomic mass is 19.1. The van der Waals surface area contributed by atoms with E-state index in [9.17, 15) is 14.4 Å². The molecule has 1 atom stereocenters. The topological polar surface area (TPSA) is 57.0 Å². The SMILES string of the molecule is CN(C(=O)c1ccc(F)cc1)C(C#N)c1ccccn1. The fourth-order valence-corrected chi connectivity index (χ4v) is 1.80. The van der Waals surface area contributed by atoms with Crippen molar-refractivity contribution < 1.29 is 9.18 Å². The average Bonchev–Trinajstić information content (AvgIpc) is 2.49. The van der Waals surface area contributed by atoms with Crippen molar-refractivity contribution in [2.45, 2.75) is 6.04 Å². The lowest BCUT2D eigenvalue weighted by molar-refractivity contribution is 0.0761. The summed E-state index contributed by atoms with van der Waals surface area (Å²) in [5, 5.41) is 9.25. The van der Waals surface area contributed by atoms with Crippen molar-refractivity contribution in [3.05, 3.63) is 65.7 Å². The molecule has 20 heavy (non-hydrogen) atoms. The maximum atomic E-state index is 12.9.